The van der Waals surface area contributed by atoms with Crippen LogP contribution in [0.4, 0.5) is 11.4 Å². The Morgan fingerprint density at radius 2 is 1.45 bits per heavy atom. The van der Waals surface area contributed by atoms with E-state index in [1.807, 2.05) is 24.0 Å². The summed E-state index contributed by atoms with van der Waals surface area (Å²) in [5.74, 6) is -0.0777. The maximum Gasteiger partial charge on any atom is 0.261 e. The van der Waals surface area contributed by atoms with E-state index < -0.39 is 10.0 Å². The number of aryl methyl sites for hydroxylation is 2. The van der Waals surface area contributed by atoms with E-state index in [4.69, 9.17) is 0 Å². The highest BCUT2D eigenvalue weighted by molar-refractivity contribution is 7.92. The Balaban J connectivity index is 1.40. The molecule has 1 saturated heterocycles. The first-order chi connectivity index (χ1) is 15.7. The lowest BCUT2D eigenvalue weighted by Crippen LogP contribution is -2.49. The topological polar surface area (TPSA) is 69.7 Å². The number of nitrogens with zero attached hydrogens (tertiary/aromatic N) is 2. The first kappa shape index (κ1) is 22.9. The Hall–Kier alpha value is -3.32. The minimum atomic E-state index is -3.72. The summed E-state index contributed by atoms with van der Waals surface area (Å²) in [5, 5.41) is 0. The van der Waals surface area contributed by atoms with Crippen molar-refractivity contribution in [3.05, 3.63) is 89.0 Å². The van der Waals surface area contributed by atoms with Gasteiger partial charge in [-0.2, -0.15) is 0 Å². The van der Waals surface area contributed by atoms with E-state index in [0.29, 0.717) is 24.3 Å². The Morgan fingerprint density at radius 1 is 0.818 bits per heavy atom. The van der Waals surface area contributed by atoms with E-state index in [1.165, 1.54) is 28.9 Å². The highest BCUT2D eigenvalue weighted by Gasteiger charge is 2.24. The van der Waals surface area contributed by atoms with Crippen molar-refractivity contribution in [3.8, 4) is 0 Å². The van der Waals surface area contributed by atoms with Gasteiger partial charge in [0.05, 0.1) is 4.90 Å². The molecule has 1 fully saturated rings. The summed E-state index contributed by atoms with van der Waals surface area (Å²) < 4.78 is 27.9. The number of rotatable bonds is 5. The molecule has 0 bridgehead atoms. The van der Waals surface area contributed by atoms with Gasteiger partial charge < -0.3 is 9.80 Å². The minimum absolute atomic E-state index is 0.0777. The number of amides is 1. The molecule has 1 amide bonds. The van der Waals surface area contributed by atoms with Gasteiger partial charge in [0, 0.05) is 43.1 Å². The zero-order chi connectivity index (χ0) is 23.6. The standard InChI is InChI=1S/C26H29N3O3S/c1-19-7-11-23(12-8-19)27-33(31,32)24-13-9-22(10-14-24)26(30)29-17-15-28(16-18-29)25-6-4-5-20(2)21(25)3/h4-14,27H,15-18H2,1-3H3. The van der Waals surface area contributed by atoms with Crippen LogP contribution in [-0.2, 0) is 10.0 Å². The number of carbonyl (C=O) groups is 1. The molecule has 1 aliphatic rings. The second kappa shape index (κ2) is 9.27. The van der Waals surface area contributed by atoms with Gasteiger partial charge in [-0.1, -0.05) is 29.8 Å². The van der Waals surface area contributed by atoms with E-state index in [9.17, 15) is 13.2 Å². The van der Waals surface area contributed by atoms with Crippen molar-refractivity contribution in [1.29, 1.82) is 0 Å². The van der Waals surface area contributed by atoms with Gasteiger partial charge in [0.15, 0.2) is 0 Å². The summed E-state index contributed by atoms with van der Waals surface area (Å²) in [6, 6.07) is 19.6. The third-order valence-corrected chi connectivity index (χ3v) is 7.60. The Kier molecular flexibility index (Phi) is 6.42. The molecule has 0 spiro atoms. The smallest absolute Gasteiger partial charge is 0.261 e. The van der Waals surface area contributed by atoms with Crippen LogP contribution in [0.3, 0.4) is 0 Å². The number of sulfonamides is 1. The van der Waals surface area contributed by atoms with Crippen LogP contribution in [0.1, 0.15) is 27.0 Å². The van der Waals surface area contributed by atoms with Gasteiger partial charge in [0.25, 0.3) is 15.9 Å². The van der Waals surface area contributed by atoms with Crippen LogP contribution >= 0.6 is 0 Å². The summed E-state index contributed by atoms with van der Waals surface area (Å²) in [6.45, 7) is 8.97. The van der Waals surface area contributed by atoms with Crippen molar-refractivity contribution in [1.82, 2.24) is 4.90 Å². The summed E-state index contributed by atoms with van der Waals surface area (Å²) in [5.41, 5.74) is 5.80. The van der Waals surface area contributed by atoms with E-state index in [-0.39, 0.29) is 10.8 Å². The van der Waals surface area contributed by atoms with Gasteiger partial charge in [0.1, 0.15) is 0 Å². The maximum atomic E-state index is 13.0. The molecule has 0 atom stereocenters. The highest BCUT2D eigenvalue weighted by atomic mass is 32.2. The number of hydrogen-bond donors (Lipinski definition) is 1. The quantitative estimate of drug-likeness (QED) is 0.610. The molecule has 3 aromatic rings. The second-order valence-corrected chi connectivity index (χ2v) is 10.2. The summed E-state index contributed by atoms with van der Waals surface area (Å²) in [6.07, 6.45) is 0. The lowest BCUT2D eigenvalue weighted by atomic mass is 10.1. The van der Waals surface area contributed by atoms with Crippen LogP contribution < -0.4 is 9.62 Å². The molecule has 6 nitrogen and oxygen atoms in total. The molecule has 1 heterocycles. The van der Waals surface area contributed by atoms with Gasteiger partial charge in [-0.25, -0.2) is 8.42 Å². The van der Waals surface area contributed by atoms with Crippen molar-refractivity contribution in [2.75, 3.05) is 35.8 Å². The number of nitrogens with one attached hydrogen (secondary N) is 1. The monoisotopic (exact) mass is 463 g/mol. The van der Waals surface area contributed by atoms with Gasteiger partial charge in [0.2, 0.25) is 0 Å². The van der Waals surface area contributed by atoms with Crippen LogP contribution in [0.2, 0.25) is 0 Å². The molecular formula is C26H29N3O3S. The number of piperazine rings is 1. The average molecular weight is 464 g/mol. The second-order valence-electron chi connectivity index (χ2n) is 8.49. The van der Waals surface area contributed by atoms with Crippen molar-refractivity contribution in [3.63, 3.8) is 0 Å². The summed E-state index contributed by atoms with van der Waals surface area (Å²) >= 11 is 0. The first-order valence-corrected chi connectivity index (χ1v) is 12.5. The van der Waals surface area contributed by atoms with Crippen molar-refractivity contribution in [2.45, 2.75) is 25.7 Å². The van der Waals surface area contributed by atoms with Gasteiger partial charge in [-0.3, -0.25) is 9.52 Å². The molecule has 0 saturated carbocycles. The lowest BCUT2D eigenvalue weighted by Gasteiger charge is -2.37. The summed E-state index contributed by atoms with van der Waals surface area (Å²) in [7, 11) is -3.72. The maximum absolute atomic E-state index is 13.0. The lowest BCUT2D eigenvalue weighted by molar-refractivity contribution is 0.0746. The number of anilines is 2. The number of carbonyl (C=O) groups excluding carboxylic acids is 1. The van der Waals surface area contributed by atoms with Crippen molar-refractivity contribution < 1.29 is 13.2 Å². The van der Waals surface area contributed by atoms with Crippen LogP contribution in [0.5, 0.6) is 0 Å². The van der Waals surface area contributed by atoms with E-state index in [0.717, 1.165) is 18.7 Å². The fourth-order valence-corrected chi connectivity index (χ4v) is 5.08. The molecule has 0 aromatic heterocycles. The van der Waals surface area contributed by atoms with Crippen LogP contribution in [0.25, 0.3) is 0 Å². The van der Waals surface area contributed by atoms with Gasteiger partial charge in [-0.05, 0) is 74.4 Å². The third-order valence-electron chi connectivity index (χ3n) is 6.20. The zero-order valence-electron chi connectivity index (χ0n) is 19.2. The molecule has 3 aromatic carbocycles. The Labute approximate surface area is 195 Å². The predicted octanol–water partition coefficient (Wildman–Crippen LogP) is 4.38. The Bertz CT molecular complexity index is 1240. The predicted molar refractivity (Wildman–Crippen MR) is 132 cm³/mol. The molecule has 0 unspecified atom stereocenters. The van der Waals surface area contributed by atoms with Gasteiger partial charge >= 0.3 is 0 Å². The van der Waals surface area contributed by atoms with E-state index in [1.54, 1.807) is 24.3 Å². The fraction of sp³-hybridized carbons (Fsp3) is 0.269. The zero-order valence-corrected chi connectivity index (χ0v) is 20.0. The number of hydrogen-bond acceptors (Lipinski definition) is 4. The molecule has 172 valence electrons. The van der Waals surface area contributed by atoms with Crippen molar-refractivity contribution in [2.24, 2.45) is 0 Å². The molecule has 4 rings (SSSR count). The molecule has 33 heavy (non-hydrogen) atoms. The van der Waals surface area contributed by atoms with Crippen LogP contribution in [0, 0.1) is 20.8 Å². The normalized spacial score (nSPS) is 14.3. The van der Waals surface area contributed by atoms with Crippen LogP contribution in [-0.4, -0.2) is 45.4 Å². The average Bonchev–Trinajstić information content (AvgIpc) is 2.82. The minimum Gasteiger partial charge on any atom is -0.368 e. The molecular weight excluding hydrogens is 434 g/mol. The third kappa shape index (κ3) is 5.03. The number of benzene rings is 3. The largest absolute Gasteiger partial charge is 0.368 e. The molecule has 1 N–H and O–H groups in total. The van der Waals surface area contributed by atoms with E-state index >= 15 is 0 Å². The molecule has 7 heteroatoms. The van der Waals surface area contributed by atoms with E-state index in [2.05, 4.69) is 41.7 Å². The molecule has 1 aliphatic heterocycles. The first-order valence-electron chi connectivity index (χ1n) is 11.0. The summed E-state index contributed by atoms with van der Waals surface area (Å²) in [4.78, 5) is 17.3. The molecule has 0 aliphatic carbocycles. The van der Waals surface area contributed by atoms with Crippen molar-refractivity contribution >= 4 is 27.3 Å². The Morgan fingerprint density at radius 3 is 2.09 bits per heavy atom. The van der Waals surface area contributed by atoms with Crippen LogP contribution in [0.15, 0.2) is 71.6 Å². The van der Waals surface area contributed by atoms with Gasteiger partial charge in [-0.15, -0.1) is 0 Å². The fourth-order valence-electron chi connectivity index (χ4n) is 4.02. The highest BCUT2D eigenvalue weighted by Crippen LogP contribution is 2.24. The SMILES string of the molecule is Cc1ccc(NS(=O)(=O)c2ccc(C(=O)N3CCN(c4cccc(C)c4C)CC3)cc2)cc1. The molecule has 0 radical (unpaired) electrons.